The number of terminal acetylenes is 1. The molecule has 2 bridgehead atoms. The van der Waals surface area contributed by atoms with Gasteiger partial charge in [-0.15, -0.1) is 6.42 Å². The van der Waals surface area contributed by atoms with Gasteiger partial charge >= 0.3 is 0 Å². The monoisotopic (exact) mass is 325 g/mol. The van der Waals surface area contributed by atoms with Crippen molar-refractivity contribution >= 4 is 5.78 Å². The Hall–Kier alpha value is -2.03. The third-order valence-electron chi connectivity index (χ3n) is 6.66. The van der Waals surface area contributed by atoms with Crippen molar-refractivity contribution < 1.29 is 19.7 Å². The highest BCUT2D eigenvalue weighted by molar-refractivity contribution is 5.90. The van der Waals surface area contributed by atoms with Gasteiger partial charge in [0.25, 0.3) is 0 Å². The fourth-order valence-electron chi connectivity index (χ4n) is 5.72. The molecular weight excluding hydrogens is 306 g/mol. The summed E-state index contributed by atoms with van der Waals surface area (Å²) in [5, 5.41) is 22.1. The standard InChI is InChI=1S/C19H19NO4/c1-2-8-20-9-7-18-15-11-3-4-12(21)16(15)24-17(18)13(22)5-6-19(18,23)14(20)10-11/h1,3-4,14,17,21,23H,5-10H2/t14-,17+,18+,19-/m1/s1. The Balaban J connectivity index is 1.80. The molecule has 1 spiro atoms. The van der Waals surface area contributed by atoms with Gasteiger partial charge in [0.1, 0.15) is 0 Å². The Labute approximate surface area is 140 Å². The molecule has 2 N–H and O–H groups in total. The van der Waals surface area contributed by atoms with Crippen LogP contribution in [-0.4, -0.2) is 51.7 Å². The maximum Gasteiger partial charge on any atom is 0.174 e. The van der Waals surface area contributed by atoms with E-state index in [-0.39, 0.29) is 17.6 Å². The van der Waals surface area contributed by atoms with Crippen molar-refractivity contribution in [2.75, 3.05) is 13.1 Å². The van der Waals surface area contributed by atoms with E-state index >= 15 is 0 Å². The van der Waals surface area contributed by atoms with Gasteiger partial charge < -0.3 is 14.9 Å². The molecule has 24 heavy (non-hydrogen) atoms. The lowest BCUT2D eigenvalue weighted by Crippen LogP contribution is -2.76. The second-order valence-corrected chi connectivity index (χ2v) is 7.45. The first-order valence-electron chi connectivity index (χ1n) is 8.47. The Bertz CT molecular complexity index is 812. The van der Waals surface area contributed by atoms with Gasteiger partial charge in [0.05, 0.1) is 17.6 Å². The quantitative estimate of drug-likeness (QED) is 0.746. The van der Waals surface area contributed by atoms with Gasteiger partial charge in [-0.25, -0.2) is 0 Å². The molecule has 5 rings (SSSR count). The van der Waals surface area contributed by atoms with Crippen LogP contribution in [0.3, 0.4) is 0 Å². The molecule has 5 nitrogen and oxygen atoms in total. The van der Waals surface area contributed by atoms with Crippen LogP contribution < -0.4 is 4.74 Å². The number of phenolic OH excluding ortho intramolecular Hbond substituents is 1. The van der Waals surface area contributed by atoms with Crippen molar-refractivity contribution in [3.05, 3.63) is 23.3 Å². The van der Waals surface area contributed by atoms with Gasteiger partial charge in [-0.1, -0.05) is 12.0 Å². The average molecular weight is 325 g/mol. The number of hydrogen-bond acceptors (Lipinski definition) is 5. The second kappa shape index (κ2) is 4.33. The van der Waals surface area contributed by atoms with Crippen molar-refractivity contribution in [1.29, 1.82) is 0 Å². The number of piperidine rings is 1. The molecule has 2 heterocycles. The molecule has 0 unspecified atom stereocenters. The molecule has 0 radical (unpaired) electrons. The van der Waals surface area contributed by atoms with Crippen molar-refractivity contribution in [1.82, 2.24) is 4.90 Å². The van der Waals surface area contributed by atoms with E-state index < -0.39 is 17.1 Å². The molecule has 4 atom stereocenters. The minimum atomic E-state index is -1.05. The smallest absolute Gasteiger partial charge is 0.174 e. The van der Waals surface area contributed by atoms with Crippen LogP contribution in [0.25, 0.3) is 0 Å². The summed E-state index contributed by atoms with van der Waals surface area (Å²) in [6.07, 6.45) is 6.82. The SMILES string of the molecule is C#CCN1CC[C@]23c4c5ccc(O)c4O[C@H]2C(=O)CC[C@@]3(O)[C@H]1C5. The number of aliphatic hydroxyl groups is 1. The van der Waals surface area contributed by atoms with E-state index in [9.17, 15) is 15.0 Å². The Morgan fingerprint density at radius 2 is 2.25 bits per heavy atom. The van der Waals surface area contributed by atoms with Crippen molar-refractivity contribution in [3.63, 3.8) is 0 Å². The molecule has 4 aliphatic rings. The molecule has 124 valence electrons. The predicted octanol–water partition coefficient (Wildman–Crippen LogP) is 0.749. The van der Waals surface area contributed by atoms with Crippen molar-refractivity contribution in [3.8, 4) is 23.8 Å². The number of hydrogen-bond donors (Lipinski definition) is 2. The highest BCUT2D eigenvalue weighted by Gasteiger charge is 2.73. The topological polar surface area (TPSA) is 70.0 Å². The number of nitrogens with zero attached hydrogens (tertiary/aromatic N) is 1. The molecule has 0 amide bonds. The lowest BCUT2D eigenvalue weighted by atomic mass is 9.49. The first-order chi connectivity index (χ1) is 11.5. The van der Waals surface area contributed by atoms with Gasteiger partial charge in [0.2, 0.25) is 0 Å². The molecular formula is C19H19NO4. The number of Topliss-reactive ketones (excluding diaryl/α,β-unsaturated/α-hetero) is 1. The van der Waals surface area contributed by atoms with Crippen LogP contribution >= 0.6 is 0 Å². The fraction of sp³-hybridized carbons (Fsp3) is 0.526. The minimum Gasteiger partial charge on any atom is -0.504 e. The summed E-state index contributed by atoms with van der Waals surface area (Å²) in [5.41, 5.74) is 0.114. The van der Waals surface area contributed by atoms with Crippen LogP contribution in [-0.2, 0) is 16.6 Å². The maximum absolute atomic E-state index is 12.6. The highest BCUT2D eigenvalue weighted by Crippen LogP contribution is 2.64. The summed E-state index contributed by atoms with van der Waals surface area (Å²) >= 11 is 0. The number of likely N-dealkylation sites (tertiary alicyclic amines) is 1. The number of ether oxygens (including phenoxy) is 1. The molecule has 1 aromatic carbocycles. The van der Waals surface area contributed by atoms with Crippen LogP contribution in [0.5, 0.6) is 11.5 Å². The van der Waals surface area contributed by atoms with Crippen molar-refractivity contribution in [2.24, 2.45) is 0 Å². The third kappa shape index (κ3) is 1.35. The number of ketones is 1. The van der Waals surface area contributed by atoms with Crippen molar-refractivity contribution in [2.45, 2.75) is 48.8 Å². The molecule has 1 saturated carbocycles. The maximum atomic E-state index is 12.6. The summed E-state index contributed by atoms with van der Waals surface area (Å²) in [4.78, 5) is 14.8. The van der Waals surface area contributed by atoms with E-state index in [4.69, 9.17) is 11.2 Å². The average Bonchev–Trinajstić information content (AvgIpc) is 2.91. The summed E-state index contributed by atoms with van der Waals surface area (Å²) in [6, 6.07) is 3.40. The number of aromatic hydroxyl groups is 1. The van der Waals surface area contributed by atoms with E-state index in [0.717, 1.165) is 17.7 Å². The molecule has 5 heteroatoms. The number of carbonyl (C=O) groups excluding carboxylic acids is 1. The van der Waals surface area contributed by atoms with E-state index in [1.807, 2.05) is 6.07 Å². The number of rotatable bonds is 1. The van der Waals surface area contributed by atoms with Crippen LogP contribution in [0.1, 0.15) is 30.4 Å². The van der Waals surface area contributed by atoms with E-state index in [1.165, 1.54) is 0 Å². The molecule has 1 saturated heterocycles. The Kier molecular flexibility index (Phi) is 2.58. The van der Waals surface area contributed by atoms with Gasteiger partial charge in [-0.05, 0) is 30.9 Å². The predicted molar refractivity (Wildman–Crippen MR) is 85.9 cm³/mol. The largest absolute Gasteiger partial charge is 0.504 e. The zero-order valence-electron chi connectivity index (χ0n) is 13.3. The van der Waals surface area contributed by atoms with Gasteiger partial charge in [-0.2, -0.15) is 0 Å². The third-order valence-corrected chi connectivity index (χ3v) is 6.66. The van der Waals surface area contributed by atoms with E-state index in [2.05, 4.69) is 10.8 Å². The fourth-order valence-corrected chi connectivity index (χ4v) is 5.72. The van der Waals surface area contributed by atoms with E-state index in [0.29, 0.717) is 38.0 Å². The van der Waals surface area contributed by atoms with Crippen LogP contribution in [0, 0.1) is 12.3 Å². The van der Waals surface area contributed by atoms with Gasteiger partial charge in [0, 0.05) is 24.6 Å². The Morgan fingerprint density at radius 1 is 1.42 bits per heavy atom. The summed E-state index contributed by atoms with van der Waals surface area (Å²) in [7, 11) is 0. The summed E-state index contributed by atoms with van der Waals surface area (Å²) in [6.45, 7) is 1.21. The number of carbonyl (C=O) groups is 1. The molecule has 2 fully saturated rings. The van der Waals surface area contributed by atoms with Crippen LogP contribution in [0.4, 0.5) is 0 Å². The highest BCUT2D eigenvalue weighted by atomic mass is 16.5. The molecule has 2 aliphatic heterocycles. The normalized spacial score (nSPS) is 39.1. The molecule has 2 aliphatic carbocycles. The Morgan fingerprint density at radius 3 is 3.04 bits per heavy atom. The molecule has 1 aromatic rings. The van der Waals surface area contributed by atoms with Gasteiger partial charge in [-0.3, -0.25) is 9.69 Å². The van der Waals surface area contributed by atoms with E-state index in [1.54, 1.807) is 6.07 Å². The number of phenols is 1. The lowest BCUT2D eigenvalue weighted by Gasteiger charge is -2.62. The van der Waals surface area contributed by atoms with Gasteiger partial charge in [0.15, 0.2) is 23.4 Å². The second-order valence-electron chi connectivity index (χ2n) is 7.45. The zero-order chi connectivity index (χ0) is 16.7. The minimum absolute atomic E-state index is 0.0206. The lowest BCUT2D eigenvalue weighted by molar-refractivity contribution is -0.186. The zero-order valence-corrected chi connectivity index (χ0v) is 13.3. The summed E-state index contributed by atoms with van der Waals surface area (Å²) in [5.74, 6) is 3.17. The number of benzene rings is 1. The van der Waals surface area contributed by atoms with Crippen LogP contribution in [0.15, 0.2) is 12.1 Å². The first-order valence-corrected chi connectivity index (χ1v) is 8.47. The molecule has 0 aromatic heterocycles. The first kappa shape index (κ1) is 14.3. The summed E-state index contributed by atoms with van der Waals surface area (Å²) < 4.78 is 5.96. The van der Waals surface area contributed by atoms with Crippen LogP contribution in [0.2, 0.25) is 0 Å².